The maximum absolute atomic E-state index is 6.98. The van der Waals surface area contributed by atoms with Crippen molar-refractivity contribution in [2.75, 3.05) is 26.2 Å². The predicted octanol–water partition coefficient (Wildman–Crippen LogP) is 4.48. The number of piperidine rings is 1. The van der Waals surface area contributed by atoms with Gasteiger partial charge in [-0.25, -0.2) is 0 Å². The number of rotatable bonds is 4. The van der Waals surface area contributed by atoms with Crippen molar-refractivity contribution >= 4 is 0 Å². The molecule has 0 aromatic heterocycles. The third-order valence-electron chi connectivity index (χ3n) is 3.33. The van der Waals surface area contributed by atoms with E-state index in [9.17, 15) is 0 Å². The minimum Gasteiger partial charge on any atom is -0.677 e. The molecule has 0 aliphatic carbocycles. The summed E-state index contributed by atoms with van der Waals surface area (Å²) in [5.74, 6) is 0. The first-order valence-electron chi connectivity index (χ1n) is 7.14. The van der Waals surface area contributed by atoms with E-state index in [4.69, 9.17) is 11.5 Å². The summed E-state index contributed by atoms with van der Waals surface area (Å²) in [4.78, 5) is 0. The molecule has 2 heterocycles. The van der Waals surface area contributed by atoms with Crippen LogP contribution in [0.2, 0.25) is 0 Å². The van der Waals surface area contributed by atoms with Crippen LogP contribution in [0, 0.1) is 0 Å². The quantitative estimate of drug-likeness (QED) is 0.542. The van der Waals surface area contributed by atoms with Crippen molar-refractivity contribution in [1.29, 1.82) is 0 Å². The van der Waals surface area contributed by atoms with Crippen molar-refractivity contribution in [1.82, 2.24) is 0 Å². The molecule has 0 spiro atoms. The fourth-order valence-electron chi connectivity index (χ4n) is 2.25. The molecule has 4 nitrogen and oxygen atoms in total. The van der Waals surface area contributed by atoms with Gasteiger partial charge in [0.25, 0.3) is 0 Å². The summed E-state index contributed by atoms with van der Waals surface area (Å²) in [7, 11) is 0. The molecule has 2 rings (SSSR count). The van der Waals surface area contributed by atoms with Gasteiger partial charge >= 0.3 is 17.1 Å². The van der Waals surface area contributed by atoms with Crippen molar-refractivity contribution in [2.24, 2.45) is 0 Å². The van der Waals surface area contributed by atoms with Crippen LogP contribution in [0.1, 0.15) is 38.5 Å². The zero-order valence-corrected chi connectivity index (χ0v) is 12.5. The average Bonchev–Trinajstić information content (AvgIpc) is 2.43. The number of hydrogen-bond donors (Lipinski definition) is 0. The molecule has 2 atom stereocenters. The summed E-state index contributed by atoms with van der Waals surface area (Å²) in [6.45, 7) is 2.98. The molecule has 2 aliphatic heterocycles. The summed E-state index contributed by atoms with van der Waals surface area (Å²) in [6.07, 6.45) is 11.1. The van der Waals surface area contributed by atoms with Crippen molar-refractivity contribution in [3.05, 3.63) is 34.3 Å². The van der Waals surface area contributed by atoms with Gasteiger partial charge in [0.2, 0.25) is 0 Å². The van der Waals surface area contributed by atoms with Crippen LogP contribution in [-0.4, -0.2) is 38.3 Å². The summed E-state index contributed by atoms with van der Waals surface area (Å²) < 4.78 is 0. The second-order valence-electron chi connectivity index (χ2n) is 4.86. The number of nitrogens with zero attached hydrogens (tertiary/aromatic N) is 2. The SMILES string of the molecule is [Cu+2].[NH-]CCC1CC=CC[N-]1.[NH-]CCC1CCCC[N-]1. The van der Waals surface area contributed by atoms with Crippen molar-refractivity contribution in [2.45, 2.75) is 50.6 Å². The summed E-state index contributed by atoms with van der Waals surface area (Å²) in [5.41, 5.74) is 13.9. The molecule has 1 saturated heterocycles. The van der Waals surface area contributed by atoms with E-state index < -0.39 is 0 Å². The zero-order chi connectivity index (χ0) is 13.1. The molecule has 1 radical (unpaired) electrons. The Morgan fingerprint density at radius 2 is 1.68 bits per heavy atom. The first-order valence-corrected chi connectivity index (χ1v) is 7.14. The van der Waals surface area contributed by atoms with Crippen molar-refractivity contribution in [3.8, 4) is 0 Å². The maximum atomic E-state index is 6.98. The minimum absolute atomic E-state index is 0. The molecule has 0 bridgehead atoms. The third kappa shape index (κ3) is 9.61. The molecule has 19 heavy (non-hydrogen) atoms. The Kier molecular flexibility index (Phi) is 13.2. The Balaban J connectivity index is 0.000000324. The molecular weight excluding hydrogens is 288 g/mol. The van der Waals surface area contributed by atoms with Gasteiger partial charge in [0.15, 0.2) is 0 Å². The van der Waals surface area contributed by atoms with E-state index in [1.165, 1.54) is 19.3 Å². The van der Waals surface area contributed by atoms with Gasteiger partial charge in [0.05, 0.1) is 0 Å². The van der Waals surface area contributed by atoms with E-state index in [0.29, 0.717) is 25.2 Å². The zero-order valence-electron chi connectivity index (χ0n) is 11.6. The largest absolute Gasteiger partial charge is 2.00 e. The Labute approximate surface area is 128 Å². The average molecular weight is 314 g/mol. The summed E-state index contributed by atoms with van der Waals surface area (Å²) in [5, 5.41) is 8.71. The van der Waals surface area contributed by atoms with E-state index in [-0.39, 0.29) is 17.1 Å². The Morgan fingerprint density at radius 1 is 0.947 bits per heavy atom. The molecule has 2 N–H and O–H groups in total. The second kappa shape index (κ2) is 13.1. The Hall–Kier alpha value is 0.0995. The third-order valence-corrected chi connectivity index (χ3v) is 3.33. The maximum Gasteiger partial charge on any atom is 2.00 e. The van der Waals surface area contributed by atoms with Gasteiger partial charge in [-0.3, -0.25) is 0 Å². The van der Waals surface area contributed by atoms with E-state index in [0.717, 1.165) is 32.4 Å². The molecule has 0 aromatic carbocycles. The molecule has 5 heteroatoms. The molecule has 2 unspecified atom stereocenters. The van der Waals surface area contributed by atoms with E-state index in [1.807, 2.05) is 0 Å². The second-order valence-corrected chi connectivity index (χ2v) is 4.86. The molecule has 2 aliphatic rings. The van der Waals surface area contributed by atoms with Gasteiger partial charge < -0.3 is 22.1 Å². The Bertz CT molecular complexity index is 215. The topological polar surface area (TPSA) is 75.8 Å². The molecular formula is C14H26CuN4-2. The van der Waals surface area contributed by atoms with Gasteiger partial charge in [0.1, 0.15) is 0 Å². The molecule has 1 fully saturated rings. The van der Waals surface area contributed by atoms with E-state index in [1.54, 1.807) is 0 Å². The molecule has 0 aromatic rings. The first kappa shape index (κ1) is 19.1. The van der Waals surface area contributed by atoms with E-state index in [2.05, 4.69) is 22.8 Å². The van der Waals surface area contributed by atoms with Gasteiger partial charge in [-0.1, -0.05) is 44.6 Å². The van der Waals surface area contributed by atoms with Crippen LogP contribution in [0.15, 0.2) is 12.2 Å². The van der Waals surface area contributed by atoms with E-state index >= 15 is 0 Å². The minimum atomic E-state index is 0. The monoisotopic (exact) mass is 313 g/mol. The Morgan fingerprint density at radius 3 is 2.21 bits per heavy atom. The van der Waals surface area contributed by atoms with Crippen LogP contribution in [0.3, 0.4) is 0 Å². The number of nitrogens with one attached hydrogen (secondary N) is 2. The summed E-state index contributed by atoms with van der Waals surface area (Å²) in [6, 6.07) is 0.990. The number of hydrogen-bond acceptors (Lipinski definition) is 0. The summed E-state index contributed by atoms with van der Waals surface area (Å²) >= 11 is 0. The van der Waals surface area contributed by atoms with Gasteiger partial charge in [-0.05, 0) is 0 Å². The van der Waals surface area contributed by atoms with Crippen LogP contribution in [0.5, 0.6) is 0 Å². The van der Waals surface area contributed by atoms with Crippen LogP contribution < -0.4 is 0 Å². The predicted molar refractivity (Wildman–Crippen MR) is 79.2 cm³/mol. The van der Waals surface area contributed by atoms with Crippen LogP contribution in [0.25, 0.3) is 22.1 Å². The molecule has 115 valence electrons. The van der Waals surface area contributed by atoms with Gasteiger partial charge in [-0.2, -0.15) is 13.1 Å². The first-order chi connectivity index (χ1) is 8.86. The smallest absolute Gasteiger partial charge is 0.677 e. The molecule has 0 amide bonds. The fraction of sp³-hybridized carbons (Fsp3) is 0.857. The van der Waals surface area contributed by atoms with Gasteiger partial charge in [0, 0.05) is 0 Å². The standard InChI is InChI=1S/C7H14N2.C7H12N2.Cu/c2*8-5-4-7-3-1-2-6-9-7;/h7-8H,1-6H2;1-2,7-8H,3-6H2;/q2*-2;+2. The molecule has 0 saturated carbocycles. The normalized spacial score (nSPS) is 26.0. The van der Waals surface area contributed by atoms with Crippen molar-refractivity contribution in [3.63, 3.8) is 0 Å². The van der Waals surface area contributed by atoms with Crippen LogP contribution >= 0.6 is 0 Å². The van der Waals surface area contributed by atoms with Gasteiger partial charge in [-0.15, -0.1) is 31.2 Å². The van der Waals surface area contributed by atoms with Crippen molar-refractivity contribution < 1.29 is 17.1 Å². The fourth-order valence-corrected chi connectivity index (χ4v) is 2.25. The van der Waals surface area contributed by atoms with Crippen LogP contribution in [0.4, 0.5) is 0 Å². The van der Waals surface area contributed by atoms with Crippen LogP contribution in [-0.2, 0) is 17.1 Å².